The van der Waals surface area contributed by atoms with E-state index in [0.29, 0.717) is 5.56 Å². The number of phenols is 1. The number of amides is 2. The summed E-state index contributed by atoms with van der Waals surface area (Å²) >= 11 is 0. The van der Waals surface area contributed by atoms with Gasteiger partial charge in [0.05, 0.1) is 23.5 Å². The van der Waals surface area contributed by atoms with Crippen LogP contribution in [0.3, 0.4) is 0 Å². The number of aliphatic hydroxyl groups excluding tert-OH is 2. The molecule has 5 rings (SSSR count). The summed E-state index contributed by atoms with van der Waals surface area (Å²) in [6, 6.07) is 3.13. The highest BCUT2D eigenvalue weighted by atomic mass is 16.5. The van der Waals surface area contributed by atoms with Gasteiger partial charge in [-0.25, -0.2) is 0 Å². The Bertz CT molecular complexity index is 1470. The number of Topliss-reactive ketones (excluding diaryl/α,β-unsaturated/α-hetero) is 2. The largest absolute Gasteiger partial charge is 0.508 e. The number of anilines is 1. The maximum atomic E-state index is 13.8. The molecular weight excluding hydrogens is 500 g/mol. The van der Waals surface area contributed by atoms with Crippen molar-refractivity contribution < 1.29 is 44.1 Å². The maximum Gasteiger partial charge on any atom is 0.294 e. The molecule has 13 nitrogen and oxygen atoms in total. The minimum atomic E-state index is -2.72. The number of nitrogens with two attached hydrogens (primary N) is 1. The van der Waals surface area contributed by atoms with Crippen molar-refractivity contribution in [3.8, 4) is 5.75 Å². The first-order chi connectivity index (χ1) is 17.9. The molecule has 3 aliphatic rings. The van der Waals surface area contributed by atoms with Gasteiger partial charge in [0.15, 0.2) is 11.4 Å². The summed E-state index contributed by atoms with van der Waals surface area (Å²) in [5, 5.41) is 50.5. The van der Waals surface area contributed by atoms with Crippen molar-refractivity contribution in [1.29, 1.82) is 0 Å². The number of carbonyl (C=O) groups is 4. The number of phenolic OH excluding ortho intramolecular Hbond substituents is 1. The average molecular weight is 524 g/mol. The van der Waals surface area contributed by atoms with Crippen LogP contribution < -0.4 is 11.1 Å². The number of hydrogen-bond acceptors (Lipinski definition) is 11. The Balaban J connectivity index is 1.63. The molecule has 13 heteroatoms. The minimum Gasteiger partial charge on any atom is -0.508 e. The van der Waals surface area contributed by atoms with E-state index in [2.05, 4.69) is 10.5 Å². The Morgan fingerprint density at radius 2 is 1.89 bits per heavy atom. The van der Waals surface area contributed by atoms with Gasteiger partial charge in [-0.05, 0) is 44.5 Å². The van der Waals surface area contributed by atoms with E-state index < -0.39 is 69.7 Å². The summed E-state index contributed by atoms with van der Waals surface area (Å²) in [4.78, 5) is 52.7. The summed E-state index contributed by atoms with van der Waals surface area (Å²) in [5.74, 6) is -8.30. The first kappa shape index (κ1) is 25.2. The van der Waals surface area contributed by atoms with Crippen LogP contribution in [0.2, 0.25) is 0 Å². The predicted molar refractivity (Wildman–Crippen MR) is 129 cm³/mol. The summed E-state index contributed by atoms with van der Waals surface area (Å²) in [6.45, 7) is 0. The van der Waals surface area contributed by atoms with Gasteiger partial charge in [0.1, 0.15) is 22.8 Å². The zero-order valence-corrected chi connectivity index (χ0v) is 20.3. The van der Waals surface area contributed by atoms with E-state index in [9.17, 15) is 39.6 Å². The van der Waals surface area contributed by atoms with E-state index in [1.807, 2.05) is 0 Å². The fourth-order valence-electron chi connectivity index (χ4n) is 5.84. The third kappa shape index (κ3) is 3.35. The Labute approximate surface area is 214 Å². The Morgan fingerprint density at radius 1 is 1.18 bits per heavy atom. The molecule has 2 aromatic rings. The second-order valence-corrected chi connectivity index (χ2v) is 9.79. The molecule has 38 heavy (non-hydrogen) atoms. The second kappa shape index (κ2) is 8.53. The van der Waals surface area contributed by atoms with Crippen LogP contribution in [0.15, 0.2) is 45.8 Å². The predicted octanol–water partition coefficient (Wildman–Crippen LogP) is 0.204. The molecule has 7 N–H and O–H groups in total. The van der Waals surface area contributed by atoms with Gasteiger partial charge in [-0.1, -0.05) is 11.2 Å². The number of hydrogen-bond donors (Lipinski definition) is 6. The number of aromatic nitrogens is 1. The van der Waals surface area contributed by atoms with Crippen molar-refractivity contribution in [3.05, 3.63) is 58.2 Å². The smallest absolute Gasteiger partial charge is 0.294 e. The van der Waals surface area contributed by atoms with Gasteiger partial charge in [-0.3, -0.25) is 24.1 Å². The van der Waals surface area contributed by atoms with Crippen molar-refractivity contribution in [2.45, 2.75) is 24.5 Å². The van der Waals surface area contributed by atoms with E-state index in [1.165, 1.54) is 37.3 Å². The van der Waals surface area contributed by atoms with Crippen LogP contribution in [0, 0.1) is 11.8 Å². The third-order valence-corrected chi connectivity index (χ3v) is 7.50. The Kier molecular flexibility index (Phi) is 5.65. The topological polar surface area (TPSA) is 217 Å². The quantitative estimate of drug-likeness (QED) is 0.234. The molecule has 0 unspecified atom stereocenters. The number of nitrogens with one attached hydrogen (secondary N) is 1. The van der Waals surface area contributed by atoms with Crippen LogP contribution in [0.4, 0.5) is 5.69 Å². The van der Waals surface area contributed by atoms with Crippen molar-refractivity contribution in [3.63, 3.8) is 0 Å². The number of benzene rings is 1. The zero-order valence-electron chi connectivity index (χ0n) is 20.3. The van der Waals surface area contributed by atoms with Crippen LogP contribution in [0.1, 0.15) is 28.1 Å². The van der Waals surface area contributed by atoms with Gasteiger partial charge >= 0.3 is 0 Å². The fourth-order valence-corrected chi connectivity index (χ4v) is 5.84. The van der Waals surface area contributed by atoms with Crippen LogP contribution >= 0.6 is 0 Å². The SMILES string of the molecule is CN(C)[C@@H]1C(=O)C(C(N)=O)=C(O)[C@@]2(O)C(=O)C3=C(O)c4c(ccc(NC(=O)c5ccno5)c4O)C[C@H]3C[C@@H]12. The van der Waals surface area contributed by atoms with Crippen LogP contribution in [-0.2, 0) is 20.8 Å². The number of aliphatic hydroxyl groups is 3. The van der Waals surface area contributed by atoms with Gasteiger partial charge in [0.2, 0.25) is 11.5 Å². The first-order valence-corrected chi connectivity index (χ1v) is 11.6. The van der Waals surface area contributed by atoms with E-state index in [1.54, 1.807) is 6.07 Å². The van der Waals surface area contributed by atoms with E-state index in [4.69, 9.17) is 10.3 Å². The second-order valence-electron chi connectivity index (χ2n) is 9.79. The first-order valence-electron chi connectivity index (χ1n) is 11.6. The molecule has 3 aliphatic carbocycles. The molecule has 4 atom stereocenters. The number of carbonyl (C=O) groups excluding carboxylic acids is 4. The number of primary amides is 1. The molecular formula is C25H24N4O9. The normalized spacial score (nSPS) is 26.7. The Hall–Kier alpha value is -4.49. The molecule has 1 aromatic carbocycles. The van der Waals surface area contributed by atoms with Crippen LogP contribution in [-0.4, -0.2) is 79.6 Å². The number of ketones is 2. The summed E-state index contributed by atoms with van der Waals surface area (Å²) < 4.78 is 4.79. The van der Waals surface area contributed by atoms with Gasteiger partial charge < -0.3 is 36.0 Å². The molecule has 1 aromatic heterocycles. The van der Waals surface area contributed by atoms with E-state index in [0.717, 1.165) is 0 Å². The van der Waals surface area contributed by atoms with E-state index in [-0.39, 0.29) is 35.4 Å². The zero-order chi connectivity index (χ0) is 27.7. The molecule has 0 saturated heterocycles. The van der Waals surface area contributed by atoms with Crippen LogP contribution in [0.5, 0.6) is 5.75 Å². The Morgan fingerprint density at radius 3 is 2.50 bits per heavy atom. The van der Waals surface area contributed by atoms with E-state index >= 15 is 0 Å². The molecule has 198 valence electrons. The van der Waals surface area contributed by atoms with Crippen molar-refractivity contribution >= 4 is 34.8 Å². The fraction of sp³-hybridized carbons (Fsp3) is 0.320. The highest BCUT2D eigenvalue weighted by Gasteiger charge is 2.64. The molecule has 1 heterocycles. The highest BCUT2D eigenvalue weighted by Crippen LogP contribution is 2.53. The minimum absolute atomic E-state index is 0.0174. The van der Waals surface area contributed by atoms with Crippen molar-refractivity contribution in [2.24, 2.45) is 17.6 Å². The molecule has 1 fully saturated rings. The molecule has 0 bridgehead atoms. The molecule has 0 spiro atoms. The molecule has 0 aliphatic heterocycles. The highest BCUT2D eigenvalue weighted by molar-refractivity contribution is 6.24. The van der Waals surface area contributed by atoms with Gasteiger partial charge in [-0.2, -0.15) is 0 Å². The number of rotatable bonds is 4. The van der Waals surface area contributed by atoms with Gasteiger partial charge in [0.25, 0.3) is 11.8 Å². The average Bonchev–Trinajstić information content (AvgIpc) is 3.38. The monoisotopic (exact) mass is 524 g/mol. The molecule has 1 saturated carbocycles. The lowest BCUT2D eigenvalue weighted by molar-refractivity contribution is -0.153. The maximum absolute atomic E-state index is 13.8. The molecule has 2 amide bonds. The number of likely N-dealkylation sites (N-methyl/N-ethyl adjacent to an activating group) is 1. The number of aromatic hydroxyl groups is 1. The third-order valence-electron chi connectivity index (χ3n) is 7.50. The van der Waals surface area contributed by atoms with Crippen molar-refractivity contribution in [1.82, 2.24) is 10.1 Å². The van der Waals surface area contributed by atoms with Gasteiger partial charge in [0, 0.05) is 17.6 Å². The summed E-state index contributed by atoms with van der Waals surface area (Å²) in [7, 11) is 3.06. The van der Waals surface area contributed by atoms with Gasteiger partial charge in [-0.15, -0.1) is 0 Å². The molecule has 0 radical (unpaired) electrons. The standard InChI is InChI=1S/C25H24N4O9/c1-29(2)17-11-8-10-7-9-3-4-12(28-24(36)13-5-6-27-38-13)18(30)14(9)19(31)15(10)21(33)25(11,37)22(34)16(20(17)32)23(26)35/h3-6,10-11,17,30-31,34,37H,7-8H2,1-2H3,(H2,26,35)(H,28,36)/t10-,11-,17-,25-/m0/s1. The lowest BCUT2D eigenvalue weighted by Gasteiger charge is -2.50. The number of nitrogens with zero attached hydrogens (tertiary/aromatic N) is 2. The van der Waals surface area contributed by atoms with Crippen molar-refractivity contribution in [2.75, 3.05) is 19.4 Å². The lowest BCUT2D eigenvalue weighted by Crippen LogP contribution is -2.65. The lowest BCUT2D eigenvalue weighted by atomic mass is 9.57. The summed E-state index contributed by atoms with van der Waals surface area (Å²) in [6.07, 6.45) is 1.38. The summed E-state index contributed by atoms with van der Waals surface area (Å²) in [5.41, 5.74) is 1.64. The van der Waals surface area contributed by atoms with Crippen LogP contribution in [0.25, 0.3) is 5.76 Å². The number of fused-ring (bicyclic) bond motifs is 3.